The summed E-state index contributed by atoms with van der Waals surface area (Å²) >= 11 is 0. The number of hydrogen-bond donors (Lipinski definition) is 0. The molecule has 0 saturated heterocycles. The van der Waals surface area contributed by atoms with Crippen molar-refractivity contribution >= 4 is 17.1 Å². The molecule has 0 atom stereocenters. The molecule has 6 aromatic carbocycles. The number of benzene rings is 6. The van der Waals surface area contributed by atoms with E-state index >= 15 is 0 Å². The van der Waals surface area contributed by atoms with Gasteiger partial charge in [0.15, 0.2) is 0 Å². The van der Waals surface area contributed by atoms with Crippen LogP contribution in [0, 0.1) is 47.3 Å². The highest BCUT2D eigenvalue weighted by atomic mass is 15.1. The summed E-state index contributed by atoms with van der Waals surface area (Å²) in [6.07, 6.45) is 14.9. The molecular formula is C56H55N. The van der Waals surface area contributed by atoms with Gasteiger partial charge in [0.05, 0.1) is 0 Å². The van der Waals surface area contributed by atoms with Crippen molar-refractivity contribution in [2.75, 3.05) is 4.90 Å². The maximum Gasteiger partial charge on any atom is 0.0462 e. The van der Waals surface area contributed by atoms with Crippen molar-refractivity contribution in [3.05, 3.63) is 163 Å². The van der Waals surface area contributed by atoms with Gasteiger partial charge in [-0.3, -0.25) is 0 Å². The van der Waals surface area contributed by atoms with E-state index in [0.717, 1.165) is 59.2 Å². The van der Waals surface area contributed by atoms with Crippen molar-refractivity contribution in [2.45, 2.75) is 76.0 Å². The molecule has 8 aliphatic rings. The molecule has 8 fully saturated rings. The lowest BCUT2D eigenvalue weighted by molar-refractivity contribution is -0.00495. The van der Waals surface area contributed by atoms with Crippen LogP contribution in [0.2, 0.25) is 0 Å². The minimum Gasteiger partial charge on any atom is -0.311 e. The summed E-state index contributed by atoms with van der Waals surface area (Å²) in [7, 11) is 0. The highest BCUT2D eigenvalue weighted by molar-refractivity contribution is 5.81. The van der Waals surface area contributed by atoms with Gasteiger partial charge in [0.25, 0.3) is 0 Å². The highest BCUT2D eigenvalue weighted by Crippen LogP contribution is 2.62. The molecule has 1 heteroatoms. The van der Waals surface area contributed by atoms with Crippen molar-refractivity contribution < 1.29 is 0 Å². The standard InChI is InChI=1S/C56H55N/c1-3-7-40(8-4-1)42-11-17-52(18-12-42)57(53-19-13-43(14-20-53)41-9-5-2-6-10-41)54-21-15-44(16-22-54)45-33-50(55-46-25-36-23-37(27-46)28-47(55)26-36)35-51(34-45)56-48-29-38-24-39(31-48)32-49(56)30-38/h1-22,33-39,46-49,55-56H,23-32H2. The molecule has 0 amide bonds. The molecule has 0 aliphatic heterocycles. The average molecular weight is 742 g/mol. The molecule has 0 unspecified atom stereocenters. The van der Waals surface area contributed by atoms with Crippen LogP contribution in [0.25, 0.3) is 33.4 Å². The summed E-state index contributed by atoms with van der Waals surface area (Å²) in [5, 5.41) is 0. The van der Waals surface area contributed by atoms with Gasteiger partial charge in [-0.1, -0.05) is 115 Å². The zero-order valence-corrected chi connectivity index (χ0v) is 33.2. The van der Waals surface area contributed by atoms with Gasteiger partial charge in [0.2, 0.25) is 0 Å². The highest BCUT2D eigenvalue weighted by Gasteiger charge is 2.51. The Hall–Kier alpha value is -4.88. The largest absolute Gasteiger partial charge is 0.311 e. The lowest BCUT2D eigenvalue weighted by Crippen LogP contribution is -2.44. The fraction of sp³-hybridized carbons (Fsp3) is 0.357. The molecule has 6 aromatic rings. The van der Waals surface area contributed by atoms with Crippen LogP contribution in [0.1, 0.15) is 87.2 Å². The fourth-order valence-corrected chi connectivity index (χ4v) is 14.3. The zero-order chi connectivity index (χ0) is 37.5. The quantitative estimate of drug-likeness (QED) is 0.150. The Morgan fingerprint density at radius 3 is 0.912 bits per heavy atom. The monoisotopic (exact) mass is 741 g/mol. The van der Waals surface area contributed by atoms with Crippen LogP contribution in [0.15, 0.2) is 152 Å². The molecule has 57 heavy (non-hydrogen) atoms. The molecule has 0 N–H and O–H groups in total. The van der Waals surface area contributed by atoms with E-state index in [1.165, 1.54) is 115 Å². The van der Waals surface area contributed by atoms with E-state index in [2.05, 4.69) is 157 Å². The third-order valence-corrected chi connectivity index (χ3v) is 16.1. The lowest BCUT2D eigenvalue weighted by Gasteiger charge is -2.55. The Morgan fingerprint density at radius 2 is 0.579 bits per heavy atom. The number of anilines is 3. The summed E-state index contributed by atoms with van der Waals surface area (Å²) < 4.78 is 0. The topological polar surface area (TPSA) is 3.24 Å². The van der Waals surface area contributed by atoms with Gasteiger partial charge in [-0.05, 0) is 204 Å². The molecule has 8 saturated carbocycles. The zero-order valence-electron chi connectivity index (χ0n) is 33.2. The summed E-state index contributed by atoms with van der Waals surface area (Å²) in [6, 6.07) is 57.4. The van der Waals surface area contributed by atoms with E-state index in [9.17, 15) is 0 Å². The predicted octanol–water partition coefficient (Wildman–Crippen LogP) is 15.2. The number of nitrogens with zero attached hydrogens (tertiary/aromatic N) is 1. The lowest BCUT2D eigenvalue weighted by atomic mass is 9.49. The molecule has 0 aromatic heterocycles. The van der Waals surface area contributed by atoms with E-state index in [4.69, 9.17) is 0 Å². The van der Waals surface area contributed by atoms with Gasteiger partial charge in [-0.25, -0.2) is 0 Å². The summed E-state index contributed by atoms with van der Waals surface area (Å²) in [6.45, 7) is 0. The second-order valence-corrected chi connectivity index (χ2v) is 19.5. The van der Waals surface area contributed by atoms with Crippen LogP contribution in [-0.4, -0.2) is 0 Å². The van der Waals surface area contributed by atoms with Crippen molar-refractivity contribution in [3.63, 3.8) is 0 Å². The molecule has 8 aliphatic carbocycles. The smallest absolute Gasteiger partial charge is 0.0462 e. The first kappa shape index (κ1) is 34.2. The second kappa shape index (κ2) is 13.9. The Morgan fingerprint density at radius 1 is 0.281 bits per heavy atom. The minimum absolute atomic E-state index is 0.765. The SMILES string of the molecule is c1ccc(-c2ccc(N(c3ccc(-c4ccccc4)cc3)c3ccc(-c4cc(C5C6CC7CC(C6)CC5C7)cc(C5C6CC7CC(C6)CC5C7)c4)cc3)cc2)cc1. The van der Waals surface area contributed by atoms with Crippen molar-refractivity contribution in [1.82, 2.24) is 0 Å². The van der Waals surface area contributed by atoms with E-state index in [1.807, 2.05) is 0 Å². The molecule has 8 bridgehead atoms. The van der Waals surface area contributed by atoms with Gasteiger partial charge in [-0.2, -0.15) is 0 Å². The van der Waals surface area contributed by atoms with Crippen LogP contribution < -0.4 is 4.90 Å². The Balaban J connectivity index is 0.920. The maximum atomic E-state index is 2.79. The summed E-state index contributed by atoms with van der Waals surface area (Å²) in [5.41, 5.74) is 14.7. The van der Waals surface area contributed by atoms with Gasteiger partial charge in [0.1, 0.15) is 0 Å². The predicted molar refractivity (Wildman–Crippen MR) is 237 cm³/mol. The Bertz CT molecular complexity index is 2160. The van der Waals surface area contributed by atoms with Gasteiger partial charge in [-0.15, -0.1) is 0 Å². The van der Waals surface area contributed by atoms with E-state index in [0.29, 0.717) is 0 Å². The second-order valence-electron chi connectivity index (χ2n) is 19.5. The molecule has 0 radical (unpaired) electrons. The normalized spacial score (nSPS) is 30.5. The van der Waals surface area contributed by atoms with Crippen molar-refractivity contribution in [1.29, 1.82) is 0 Å². The van der Waals surface area contributed by atoms with Gasteiger partial charge >= 0.3 is 0 Å². The Labute approximate surface area is 340 Å². The van der Waals surface area contributed by atoms with Crippen LogP contribution >= 0.6 is 0 Å². The molecule has 14 rings (SSSR count). The molecule has 0 spiro atoms. The maximum absolute atomic E-state index is 2.79. The van der Waals surface area contributed by atoms with Crippen molar-refractivity contribution in [2.24, 2.45) is 47.3 Å². The summed E-state index contributed by atoms with van der Waals surface area (Å²) in [5.74, 6) is 9.18. The first-order valence-electron chi connectivity index (χ1n) is 22.5. The van der Waals surface area contributed by atoms with Crippen LogP contribution in [0.3, 0.4) is 0 Å². The van der Waals surface area contributed by atoms with Crippen LogP contribution in [-0.2, 0) is 0 Å². The van der Waals surface area contributed by atoms with E-state index < -0.39 is 0 Å². The van der Waals surface area contributed by atoms with Crippen LogP contribution in [0.5, 0.6) is 0 Å². The first-order chi connectivity index (χ1) is 28.1. The molecule has 1 nitrogen and oxygen atoms in total. The first-order valence-corrected chi connectivity index (χ1v) is 22.5. The van der Waals surface area contributed by atoms with Gasteiger partial charge in [0, 0.05) is 17.1 Å². The molecular weight excluding hydrogens is 687 g/mol. The average Bonchev–Trinajstić information content (AvgIpc) is 3.24. The minimum atomic E-state index is 0.765. The van der Waals surface area contributed by atoms with Gasteiger partial charge < -0.3 is 4.90 Å². The fourth-order valence-electron chi connectivity index (χ4n) is 14.3. The summed E-state index contributed by atoms with van der Waals surface area (Å²) in [4.78, 5) is 2.43. The molecule has 0 heterocycles. The third kappa shape index (κ3) is 6.19. The van der Waals surface area contributed by atoms with E-state index in [1.54, 1.807) is 11.1 Å². The number of rotatable bonds is 8. The molecule has 284 valence electrons. The van der Waals surface area contributed by atoms with Crippen LogP contribution in [0.4, 0.5) is 17.1 Å². The van der Waals surface area contributed by atoms with E-state index in [-0.39, 0.29) is 0 Å². The third-order valence-electron chi connectivity index (χ3n) is 16.1. The Kier molecular flexibility index (Phi) is 8.34. The van der Waals surface area contributed by atoms with Crippen molar-refractivity contribution in [3.8, 4) is 33.4 Å². The number of hydrogen-bond acceptors (Lipinski definition) is 1.